The first-order valence-electron chi connectivity index (χ1n) is 6.91. The number of fused-ring (bicyclic) bond motifs is 1. The van der Waals surface area contributed by atoms with E-state index in [9.17, 15) is 4.39 Å². The number of halogens is 2. The van der Waals surface area contributed by atoms with E-state index in [2.05, 4.69) is 11.1 Å². The molecule has 2 aromatic carbocycles. The summed E-state index contributed by atoms with van der Waals surface area (Å²) in [7, 11) is 0. The van der Waals surface area contributed by atoms with Gasteiger partial charge in [0.2, 0.25) is 0 Å². The van der Waals surface area contributed by atoms with E-state index in [1.54, 1.807) is 13.0 Å². The lowest BCUT2D eigenvalue weighted by Gasteiger charge is -2.12. The molecule has 0 saturated heterocycles. The quantitative estimate of drug-likeness (QED) is 0.648. The molecule has 2 nitrogen and oxygen atoms in total. The van der Waals surface area contributed by atoms with Crippen LogP contribution < -0.4 is 0 Å². The fourth-order valence-electron chi connectivity index (χ4n) is 2.59. The van der Waals surface area contributed by atoms with Gasteiger partial charge in [-0.1, -0.05) is 12.1 Å². The van der Waals surface area contributed by atoms with Crippen molar-refractivity contribution in [1.29, 1.82) is 0 Å². The van der Waals surface area contributed by atoms with E-state index in [0.29, 0.717) is 17.9 Å². The fourth-order valence-corrected chi connectivity index (χ4v) is 2.76. The Hall–Kier alpha value is -1.87. The third-order valence-corrected chi connectivity index (χ3v) is 3.87. The summed E-state index contributed by atoms with van der Waals surface area (Å²) in [5, 5.41) is 0. The van der Waals surface area contributed by atoms with Gasteiger partial charge in [-0.2, -0.15) is 0 Å². The van der Waals surface area contributed by atoms with Crippen LogP contribution in [0, 0.1) is 19.7 Å². The Balaban J connectivity index is 2.35. The minimum absolute atomic E-state index is 0.209. The third-order valence-electron chi connectivity index (χ3n) is 3.68. The number of rotatable bonds is 3. The van der Waals surface area contributed by atoms with E-state index in [1.807, 2.05) is 29.7 Å². The van der Waals surface area contributed by atoms with Gasteiger partial charge in [-0.15, -0.1) is 11.6 Å². The van der Waals surface area contributed by atoms with Crippen LogP contribution in [0.2, 0.25) is 0 Å². The predicted octanol–water partition coefficient (Wildman–Crippen LogP) is 4.56. The molecule has 3 aromatic rings. The average Bonchev–Trinajstić information content (AvgIpc) is 2.80. The van der Waals surface area contributed by atoms with Crippen molar-refractivity contribution in [1.82, 2.24) is 9.55 Å². The molecule has 4 heteroatoms. The van der Waals surface area contributed by atoms with E-state index < -0.39 is 0 Å². The minimum Gasteiger partial charge on any atom is -0.296 e. The fraction of sp³-hybridized carbons (Fsp3) is 0.235. The number of benzene rings is 2. The van der Waals surface area contributed by atoms with Gasteiger partial charge >= 0.3 is 0 Å². The van der Waals surface area contributed by atoms with Crippen molar-refractivity contribution in [2.45, 2.75) is 20.3 Å². The van der Waals surface area contributed by atoms with Crippen molar-refractivity contribution in [2.24, 2.45) is 0 Å². The van der Waals surface area contributed by atoms with Crippen molar-refractivity contribution >= 4 is 22.6 Å². The highest BCUT2D eigenvalue weighted by Gasteiger charge is 2.15. The summed E-state index contributed by atoms with van der Waals surface area (Å²) in [6.45, 7) is 3.83. The lowest BCUT2D eigenvalue weighted by molar-refractivity contribution is 0.616. The van der Waals surface area contributed by atoms with Crippen LogP contribution in [-0.4, -0.2) is 15.4 Å². The summed E-state index contributed by atoms with van der Waals surface area (Å²) in [6.07, 6.45) is 0.644. The molecule has 0 radical (unpaired) electrons. The van der Waals surface area contributed by atoms with Gasteiger partial charge in [0, 0.05) is 17.9 Å². The second-order valence-electron chi connectivity index (χ2n) is 5.18. The Morgan fingerprint density at radius 2 is 2.00 bits per heavy atom. The van der Waals surface area contributed by atoms with Gasteiger partial charge in [-0.25, -0.2) is 9.37 Å². The van der Waals surface area contributed by atoms with Crippen molar-refractivity contribution in [2.75, 3.05) is 5.88 Å². The van der Waals surface area contributed by atoms with Gasteiger partial charge in [0.25, 0.3) is 0 Å². The van der Waals surface area contributed by atoms with Crippen LogP contribution >= 0.6 is 11.6 Å². The average molecular weight is 303 g/mol. The topological polar surface area (TPSA) is 17.8 Å². The molecule has 0 saturated carbocycles. The molecule has 0 bridgehead atoms. The first-order valence-corrected chi connectivity index (χ1v) is 7.44. The summed E-state index contributed by atoms with van der Waals surface area (Å²) in [4.78, 5) is 4.65. The molecule has 1 heterocycles. The first kappa shape index (κ1) is 14.1. The second-order valence-corrected chi connectivity index (χ2v) is 5.56. The maximum absolute atomic E-state index is 13.9. The highest BCUT2D eigenvalue weighted by atomic mass is 35.5. The lowest BCUT2D eigenvalue weighted by atomic mass is 10.1. The highest BCUT2D eigenvalue weighted by Crippen LogP contribution is 2.26. The van der Waals surface area contributed by atoms with Crippen LogP contribution in [0.25, 0.3) is 16.7 Å². The molecule has 0 fully saturated rings. The molecule has 108 valence electrons. The number of hydrogen-bond donors (Lipinski definition) is 0. The van der Waals surface area contributed by atoms with E-state index in [1.165, 1.54) is 6.07 Å². The minimum atomic E-state index is -0.209. The number of hydrogen-bond acceptors (Lipinski definition) is 1. The van der Waals surface area contributed by atoms with Gasteiger partial charge in [-0.05, 0) is 43.7 Å². The zero-order chi connectivity index (χ0) is 15.0. The maximum atomic E-state index is 13.9. The molecule has 0 atom stereocenters. The Bertz CT molecular complexity index is 808. The van der Waals surface area contributed by atoms with E-state index in [-0.39, 0.29) is 5.82 Å². The summed E-state index contributed by atoms with van der Waals surface area (Å²) in [6, 6.07) is 11.2. The predicted molar refractivity (Wildman–Crippen MR) is 84.9 cm³/mol. The van der Waals surface area contributed by atoms with Crippen molar-refractivity contribution in [3.63, 3.8) is 0 Å². The third kappa shape index (κ3) is 2.42. The van der Waals surface area contributed by atoms with Gasteiger partial charge in [0.1, 0.15) is 11.6 Å². The Morgan fingerprint density at radius 3 is 2.76 bits per heavy atom. The summed E-state index contributed by atoms with van der Waals surface area (Å²) in [5.74, 6) is 1.13. The molecule has 21 heavy (non-hydrogen) atoms. The van der Waals surface area contributed by atoms with Crippen LogP contribution in [0.3, 0.4) is 0 Å². The van der Waals surface area contributed by atoms with Gasteiger partial charge < -0.3 is 0 Å². The molecule has 0 aliphatic heterocycles. The van der Waals surface area contributed by atoms with Crippen LogP contribution in [0.15, 0.2) is 36.4 Å². The SMILES string of the molecule is Cc1ccc2nc(CCCl)n(-c3cccc(F)c3C)c2c1. The van der Waals surface area contributed by atoms with Crippen molar-refractivity contribution < 1.29 is 4.39 Å². The molecule has 0 spiro atoms. The molecular formula is C17H16ClFN2. The smallest absolute Gasteiger partial charge is 0.128 e. The number of aromatic nitrogens is 2. The van der Waals surface area contributed by atoms with E-state index in [0.717, 1.165) is 28.1 Å². The lowest BCUT2D eigenvalue weighted by Crippen LogP contribution is -2.05. The molecule has 0 aliphatic rings. The zero-order valence-electron chi connectivity index (χ0n) is 12.0. The Kier molecular flexibility index (Phi) is 3.68. The molecule has 3 rings (SSSR count). The highest BCUT2D eigenvalue weighted by molar-refractivity contribution is 6.17. The van der Waals surface area contributed by atoms with E-state index in [4.69, 9.17) is 11.6 Å². The summed E-state index contributed by atoms with van der Waals surface area (Å²) >= 11 is 5.90. The van der Waals surface area contributed by atoms with Crippen LogP contribution in [0.5, 0.6) is 0 Å². The zero-order valence-corrected chi connectivity index (χ0v) is 12.8. The van der Waals surface area contributed by atoms with Crippen LogP contribution in [0.4, 0.5) is 4.39 Å². The van der Waals surface area contributed by atoms with Gasteiger partial charge in [0.05, 0.1) is 16.7 Å². The van der Waals surface area contributed by atoms with Crippen LogP contribution in [0.1, 0.15) is 17.0 Å². The first-order chi connectivity index (χ1) is 10.1. The second kappa shape index (κ2) is 5.49. The van der Waals surface area contributed by atoms with Gasteiger partial charge in [-0.3, -0.25) is 4.57 Å². The normalized spacial score (nSPS) is 11.2. The number of nitrogens with zero attached hydrogens (tertiary/aromatic N) is 2. The number of imidazole rings is 1. The van der Waals surface area contributed by atoms with Crippen molar-refractivity contribution in [3.8, 4) is 5.69 Å². The standard InChI is InChI=1S/C17H16ClFN2/c1-11-6-7-14-16(10-11)21(17(20-14)8-9-18)15-5-3-4-13(19)12(15)2/h3-7,10H,8-9H2,1-2H3. The maximum Gasteiger partial charge on any atom is 0.128 e. The number of aryl methyl sites for hydroxylation is 2. The van der Waals surface area contributed by atoms with Crippen molar-refractivity contribution in [3.05, 3.63) is 59.2 Å². The Labute approximate surface area is 128 Å². The van der Waals surface area contributed by atoms with E-state index >= 15 is 0 Å². The summed E-state index contributed by atoms with van der Waals surface area (Å²) in [5.41, 5.74) is 4.49. The van der Waals surface area contributed by atoms with Crippen LogP contribution in [-0.2, 0) is 6.42 Å². The largest absolute Gasteiger partial charge is 0.296 e. The Morgan fingerprint density at radius 1 is 1.19 bits per heavy atom. The molecule has 0 amide bonds. The molecule has 1 aromatic heterocycles. The molecular weight excluding hydrogens is 287 g/mol. The molecule has 0 unspecified atom stereocenters. The summed E-state index contributed by atoms with van der Waals surface area (Å²) < 4.78 is 15.9. The van der Waals surface area contributed by atoms with Gasteiger partial charge in [0.15, 0.2) is 0 Å². The monoisotopic (exact) mass is 302 g/mol. The molecule has 0 aliphatic carbocycles. The molecule has 0 N–H and O–H groups in total. The number of alkyl halides is 1.